The van der Waals surface area contributed by atoms with E-state index < -0.39 is 15.8 Å². The molecule has 7 nitrogen and oxygen atoms in total. The first-order valence-corrected chi connectivity index (χ1v) is 12.5. The standard InChI is InChI=1S/C23H19FN4O3S2/c1-33(30,31)28(20-10-6-5-9-19(20)24)15-16-11-13-17(14-12-16)21(29)25-23-27-26-22(32-23)18-7-3-2-4-8-18/h2-14H,15H2,1H3,(H,25,27,29). The quantitative estimate of drug-likeness (QED) is 0.417. The van der Waals surface area contributed by atoms with E-state index >= 15 is 0 Å². The SMILES string of the molecule is CS(=O)(=O)N(Cc1ccc(C(=O)Nc2nnc(-c3ccccc3)s2)cc1)c1ccccc1F. The van der Waals surface area contributed by atoms with Crippen molar-refractivity contribution in [3.63, 3.8) is 0 Å². The molecule has 0 aliphatic heterocycles. The van der Waals surface area contributed by atoms with E-state index in [1.54, 1.807) is 30.3 Å². The highest BCUT2D eigenvalue weighted by molar-refractivity contribution is 7.92. The molecule has 1 N–H and O–H groups in total. The molecule has 4 rings (SSSR count). The molecule has 0 radical (unpaired) electrons. The number of benzene rings is 3. The van der Waals surface area contributed by atoms with E-state index in [-0.39, 0.29) is 18.1 Å². The lowest BCUT2D eigenvalue weighted by Crippen LogP contribution is -2.30. The predicted octanol–water partition coefficient (Wildman–Crippen LogP) is 4.56. The van der Waals surface area contributed by atoms with Crippen LogP contribution in [-0.4, -0.2) is 30.8 Å². The Morgan fingerprint density at radius 2 is 1.64 bits per heavy atom. The Morgan fingerprint density at radius 3 is 2.30 bits per heavy atom. The molecule has 0 fully saturated rings. The van der Waals surface area contributed by atoms with E-state index in [0.717, 1.165) is 16.1 Å². The van der Waals surface area contributed by atoms with Crippen LogP contribution in [0, 0.1) is 5.82 Å². The molecule has 0 unspecified atom stereocenters. The zero-order valence-corrected chi connectivity index (χ0v) is 19.1. The number of halogens is 1. The van der Waals surface area contributed by atoms with Crippen molar-refractivity contribution in [1.29, 1.82) is 0 Å². The van der Waals surface area contributed by atoms with E-state index in [1.807, 2.05) is 30.3 Å². The van der Waals surface area contributed by atoms with Crippen molar-refractivity contribution < 1.29 is 17.6 Å². The molecule has 0 saturated heterocycles. The van der Waals surface area contributed by atoms with Gasteiger partial charge in [-0.25, -0.2) is 12.8 Å². The van der Waals surface area contributed by atoms with Gasteiger partial charge >= 0.3 is 0 Å². The Kier molecular flexibility index (Phi) is 6.47. The smallest absolute Gasteiger partial charge is 0.257 e. The van der Waals surface area contributed by atoms with Gasteiger partial charge in [-0.05, 0) is 29.8 Å². The summed E-state index contributed by atoms with van der Waals surface area (Å²) in [6, 6.07) is 21.6. The maximum absolute atomic E-state index is 14.2. The topological polar surface area (TPSA) is 92.3 Å². The number of nitrogens with one attached hydrogen (secondary N) is 1. The molecular weight excluding hydrogens is 463 g/mol. The molecule has 3 aromatic carbocycles. The minimum absolute atomic E-state index is 0.0349. The minimum Gasteiger partial charge on any atom is -0.296 e. The van der Waals surface area contributed by atoms with Crippen LogP contribution in [0.5, 0.6) is 0 Å². The van der Waals surface area contributed by atoms with E-state index in [0.29, 0.717) is 21.3 Å². The lowest BCUT2D eigenvalue weighted by Gasteiger charge is -2.23. The number of aromatic nitrogens is 2. The first kappa shape index (κ1) is 22.6. The molecule has 4 aromatic rings. The molecule has 10 heteroatoms. The third-order valence-electron chi connectivity index (χ3n) is 4.73. The van der Waals surface area contributed by atoms with Gasteiger partial charge in [0.05, 0.1) is 18.5 Å². The summed E-state index contributed by atoms with van der Waals surface area (Å²) >= 11 is 1.26. The summed E-state index contributed by atoms with van der Waals surface area (Å²) < 4.78 is 39.7. The molecule has 0 bridgehead atoms. The second kappa shape index (κ2) is 9.47. The highest BCUT2D eigenvalue weighted by Gasteiger charge is 2.21. The van der Waals surface area contributed by atoms with Crippen LogP contribution in [0.25, 0.3) is 10.6 Å². The second-order valence-electron chi connectivity index (χ2n) is 7.15. The summed E-state index contributed by atoms with van der Waals surface area (Å²) in [5.41, 5.74) is 1.84. The lowest BCUT2D eigenvalue weighted by molar-refractivity contribution is 0.102. The van der Waals surface area contributed by atoms with Crippen LogP contribution in [-0.2, 0) is 16.6 Å². The van der Waals surface area contributed by atoms with Crippen LogP contribution in [0.15, 0.2) is 78.9 Å². The van der Waals surface area contributed by atoms with Crippen molar-refractivity contribution in [3.8, 4) is 10.6 Å². The molecule has 0 aliphatic rings. The van der Waals surface area contributed by atoms with Gasteiger partial charge in [0.2, 0.25) is 15.2 Å². The Balaban J connectivity index is 1.47. The molecular formula is C23H19FN4O3S2. The predicted molar refractivity (Wildman–Crippen MR) is 127 cm³/mol. The first-order chi connectivity index (χ1) is 15.8. The van der Waals surface area contributed by atoms with Crippen molar-refractivity contribution in [1.82, 2.24) is 10.2 Å². The van der Waals surface area contributed by atoms with E-state index in [9.17, 15) is 17.6 Å². The summed E-state index contributed by atoms with van der Waals surface area (Å²) in [5, 5.41) is 11.9. The Labute approximate surface area is 194 Å². The van der Waals surface area contributed by atoms with Crippen molar-refractivity contribution in [2.75, 3.05) is 15.9 Å². The van der Waals surface area contributed by atoms with Gasteiger partial charge in [0, 0.05) is 11.1 Å². The summed E-state index contributed by atoms with van der Waals surface area (Å²) in [5.74, 6) is -1.00. The minimum atomic E-state index is -3.73. The zero-order valence-electron chi connectivity index (χ0n) is 17.5. The van der Waals surface area contributed by atoms with Gasteiger partial charge in [0.15, 0.2) is 0 Å². The van der Waals surface area contributed by atoms with E-state index in [2.05, 4.69) is 15.5 Å². The molecule has 0 spiro atoms. The average Bonchev–Trinajstić information content (AvgIpc) is 3.27. The Bertz CT molecular complexity index is 1370. The third kappa shape index (κ3) is 5.41. The summed E-state index contributed by atoms with van der Waals surface area (Å²) in [4.78, 5) is 12.6. The lowest BCUT2D eigenvalue weighted by atomic mass is 10.1. The van der Waals surface area contributed by atoms with Crippen molar-refractivity contribution >= 4 is 38.1 Å². The van der Waals surface area contributed by atoms with Crippen molar-refractivity contribution in [2.45, 2.75) is 6.54 Å². The van der Waals surface area contributed by atoms with Gasteiger partial charge in [-0.2, -0.15) is 0 Å². The number of carbonyl (C=O) groups is 1. The van der Waals surface area contributed by atoms with Crippen molar-refractivity contribution in [2.24, 2.45) is 0 Å². The highest BCUT2D eigenvalue weighted by atomic mass is 32.2. The molecule has 1 aromatic heterocycles. The van der Waals surface area contributed by atoms with Crippen LogP contribution in [0.1, 0.15) is 15.9 Å². The first-order valence-electron chi connectivity index (χ1n) is 9.83. The Hall–Kier alpha value is -3.63. The second-order valence-corrected chi connectivity index (χ2v) is 10.0. The number of hydrogen-bond donors (Lipinski definition) is 1. The maximum atomic E-state index is 14.2. The van der Waals surface area contributed by atoms with Gasteiger partial charge in [0.1, 0.15) is 10.8 Å². The fraction of sp³-hybridized carbons (Fsp3) is 0.0870. The number of anilines is 2. The fourth-order valence-corrected chi connectivity index (χ4v) is 4.74. The number of nitrogens with zero attached hydrogens (tertiary/aromatic N) is 3. The van der Waals surface area contributed by atoms with Crippen LogP contribution < -0.4 is 9.62 Å². The molecule has 0 aliphatic carbocycles. The van der Waals surface area contributed by atoms with Crippen LogP contribution in [0.4, 0.5) is 15.2 Å². The number of carbonyl (C=O) groups excluding carboxylic acids is 1. The zero-order chi connectivity index (χ0) is 23.4. The molecule has 1 heterocycles. The monoisotopic (exact) mass is 482 g/mol. The highest BCUT2D eigenvalue weighted by Crippen LogP contribution is 2.27. The van der Waals surface area contributed by atoms with E-state index in [4.69, 9.17) is 0 Å². The molecule has 168 valence electrons. The maximum Gasteiger partial charge on any atom is 0.257 e. The summed E-state index contributed by atoms with van der Waals surface area (Å²) in [6.07, 6.45) is 1.02. The summed E-state index contributed by atoms with van der Waals surface area (Å²) in [7, 11) is -3.73. The molecule has 0 atom stereocenters. The van der Waals surface area contributed by atoms with E-state index in [1.165, 1.54) is 29.5 Å². The average molecular weight is 483 g/mol. The van der Waals surface area contributed by atoms with Crippen LogP contribution in [0.3, 0.4) is 0 Å². The van der Waals surface area contributed by atoms with Crippen LogP contribution >= 0.6 is 11.3 Å². The van der Waals surface area contributed by atoms with Crippen LogP contribution in [0.2, 0.25) is 0 Å². The molecule has 33 heavy (non-hydrogen) atoms. The number of hydrogen-bond acceptors (Lipinski definition) is 6. The molecule has 0 saturated carbocycles. The number of para-hydroxylation sites is 1. The normalized spacial score (nSPS) is 11.2. The molecule has 1 amide bonds. The van der Waals surface area contributed by atoms with Gasteiger partial charge in [0.25, 0.3) is 5.91 Å². The fourth-order valence-electron chi connectivity index (χ4n) is 3.10. The largest absolute Gasteiger partial charge is 0.296 e. The van der Waals surface area contributed by atoms with Gasteiger partial charge in [-0.15, -0.1) is 10.2 Å². The van der Waals surface area contributed by atoms with Gasteiger partial charge in [-0.3, -0.25) is 14.4 Å². The number of amides is 1. The van der Waals surface area contributed by atoms with Gasteiger partial charge < -0.3 is 0 Å². The van der Waals surface area contributed by atoms with Crippen molar-refractivity contribution in [3.05, 3.63) is 95.8 Å². The number of rotatable bonds is 7. The van der Waals surface area contributed by atoms with Gasteiger partial charge in [-0.1, -0.05) is 65.9 Å². The Morgan fingerprint density at radius 1 is 0.970 bits per heavy atom. The third-order valence-corrected chi connectivity index (χ3v) is 6.74. The number of sulfonamides is 1. The summed E-state index contributed by atoms with van der Waals surface area (Å²) in [6.45, 7) is -0.0709.